The number of hydrogen-bond acceptors (Lipinski definition) is 4. The van der Waals surface area contributed by atoms with Crippen LogP contribution >= 0.6 is 7.37 Å². The van der Waals surface area contributed by atoms with Crippen molar-refractivity contribution in [2.24, 2.45) is 17.8 Å². The van der Waals surface area contributed by atoms with Gasteiger partial charge in [0.1, 0.15) is 5.75 Å². The maximum Gasteiger partial charge on any atom is 0.264 e. The first-order valence-electron chi connectivity index (χ1n) is 10.5. The average molecular weight is 416 g/mol. The van der Waals surface area contributed by atoms with Crippen LogP contribution in [0.15, 0.2) is 54.6 Å². The predicted molar refractivity (Wildman–Crippen MR) is 118 cm³/mol. The van der Waals surface area contributed by atoms with E-state index in [2.05, 4.69) is 20.8 Å². The summed E-state index contributed by atoms with van der Waals surface area (Å²) in [5.74, 6) is 0.499. The molecular formula is C24H33O4P. The van der Waals surface area contributed by atoms with Crippen molar-refractivity contribution in [1.29, 1.82) is 0 Å². The fourth-order valence-corrected chi connectivity index (χ4v) is 6.73. The van der Waals surface area contributed by atoms with Crippen LogP contribution < -0.4 is 10.0 Å². The first-order valence-corrected chi connectivity index (χ1v) is 12.2. The van der Waals surface area contributed by atoms with E-state index in [-0.39, 0.29) is 6.10 Å². The summed E-state index contributed by atoms with van der Waals surface area (Å²) in [6.07, 6.45) is 2.93. The third-order valence-corrected chi connectivity index (χ3v) is 8.63. The zero-order valence-electron chi connectivity index (χ0n) is 17.8. The Hall–Kier alpha value is -1.61. The molecule has 3 rings (SSSR count). The molecule has 0 radical (unpaired) electrons. The largest absolute Gasteiger partial charge is 0.496 e. The standard InChI is InChI=1S/C24H33O4P/c1-17(2)20-15-14-18(3)16-23(20)28-29(26,19-10-6-5-7-11-19)24(25)21-12-8-9-13-22(21)27-4/h5-13,17-18,20,23-25H,14-16H2,1-4H3/t18-,20+,23-,24+,29?/m1/s1. The normalized spacial score (nSPS) is 25.4. The van der Waals surface area contributed by atoms with Gasteiger partial charge in [-0.2, -0.15) is 0 Å². The van der Waals surface area contributed by atoms with Crippen molar-refractivity contribution < 1.29 is 18.9 Å². The van der Waals surface area contributed by atoms with E-state index in [0.29, 0.717) is 34.4 Å². The topological polar surface area (TPSA) is 55.8 Å². The second kappa shape index (κ2) is 9.47. The number of rotatable bonds is 7. The molecule has 0 spiro atoms. The van der Waals surface area contributed by atoms with Gasteiger partial charge in [-0.1, -0.05) is 63.6 Å². The monoisotopic (exact) mass is 416 g/mol. The van der Waals surface area contributed by atoms with E-state index in [1.165, 1.54) is 0 Å². The molecule has 2 aromatic carbocycles. The zero-order valence-corrected chi connectivity index (χ0v) is 18.7. The van der Waals surface area contributed by atoms with Crippen molar-refractivity contribution in [1.82, 2.24) is 0 Å². The summed E-state index contributed by atoms with van der Waals surface area (Å²) >= 11 is 0. The third-order valence-electron chi connectivity index (χ3n) is 6.11. The van der Waals surface area contributed by atoms with Gasteiger partial charge in [-0.3, -0.25) is 4.57 Å². The Balaban J connectivity index is 2.03. The summed E-state index contributed by atoms with van der Waals surface area (Å²) in [4.78, 5) is 0. The molecule has 4 nitrogen and oxygen atoms in total. The van der Waals surface area contributed by atoms with Crippen molar-refractivity contribution in [3.05, 3.63) is 60.2 Å². The Morgan fingerprint density at radius 1 is 1.03 bits per heavy atom. The second-order valence-electron chi connectivity index (χ2n) is 8.52. The Morgan fingerprint density at radius 3 is 2.34 bits per heavy atom. The molecule has 5 heteroatoms. The fraction of sp³-hybridized carbons (Fsp3) is 0.500. The molecule has 158 valence electrons. The van der Waals surface area contributed by atoms with Crippen molar-refractivity contribution in [3.63, 3.8) is 0 Å². The lowest BCUT2D eigenvalue weighted by molar-refractivity contribution is 0.0425. The van der Waals surface area contributed by atoms with Gasteiger partial charge in [-0.25, -0.2) is 0 Å². The van der Waals surface area contributed by atoms with E-state index in [4.69, 9.17) is 9.26 Å². The van der Waals surface area contributed by atoms with E-state index >= 15 is 0 Å². The Kier molecular flexibility index (Phi) is 7.21. The minimum Gasteiger partial charge on any atom is -0.496 e. The molecule has 1 fully saturated rings. The van der Waals surface area contributed by atoms with Gasteiger partial charge >= 0.3 is 0 Å². The second-order valence-corrected chi connectivity index (χ2v) is 10.9. The summed E-state index contributed by atoms with van der Waals surface area (Å²) in [5, 5.41) is 11.9. The molecule has 2 aromatic rings. The smallest absolute Gasteiger partial charge is 0.264 e. The maximum atomic E-state index is 14.4. The van der Waals surface area contributed by atoms with Crippen LogP contribution in [0.5, 0.6) is 5.75 Å². The molecule has 5 atom stereocenters. The summed E-state index contributed by atoms with van der Waals surface area (Å²) in [6, 6.07) is 16.3. The number of para-hydroxylation sites is 1. The summed E-state index contributed by atoms with van der Waals surface area (Å²) < 4.78 is 26.3. The minimum atomic E-state index is -3.62. The molecule has 1 aliphatic carbocycles. The van der Waals surface area contributed by atoms with Gasteiger partial charge in [0.15, 0.2) is 5.85 Å². The molecule has 29 heavy (non-hydrogen) atoms. The van der Waals surface area contributed by atoms with Gasteiger partial charge in [0, 0.05) is 10.9 Å². The molecule has 0 aromatic heterocycles. The highest BCUT2D eigenvalue weighted by Crippen LogP contribution is 2.61. The SMILES string of the molecule is COc1ccccc1[C@@H](O)P(=O)(O[C@@H]1C[C@H](C)CC[C@H]1C(C)C)c1ccccc1. The number of aliphatic hydroxyl groups is 1. The maximum absolute atomic E-state index is 14.4. The highest BCUT2D eigenvalue weighted by atomic mass is 31.2. The lowest BCUT2D eigenvalue weighted by Crippen LogP contribution is -2.35. The lowest BCUT2D eigenvalue weighted by Gasteiger charge is -2.40. The average Bonchev–Trinajstić information content (AvgIpc) is 2.73. The first kappa shape index (κ1) is 22.1. The molecule has 1 N–H and O–H groups in total. The van der Waals surface area contributed by atoms with Crippen molar-refractivity contribution in [3.8, 4) is 5.75 Å². The molecule has 0 heterocycles. The number of benzene rings is 2. The molecule has 1 unspecified atom stereocenters. The van der Waals surface area contributed by atoms with E-state index in [1.54, 1.807) is 31.4 Å². The van der Waals surface area contributed by atoms with Crippen LogP contribution in [-0.2, 0) is 9.09 Å². The Bertz CT molecular complexity index is 836. The van der Waals surface area contributed by atoms with Crippen LogP contribution in [0, 0.1) is 17.8 Å². The molecule has 0 saturated heterocycles. The van der Waals surface area contributed by atoms with E-state index in [1.807, 2.05) is 30.3 Å². The van der Waals surface area contributed by atoms with E-state index < -0.39 is 13.2 Å². The summed E-state index contributed by atoms with van der Waals surface area (Å²) in [6.45, 7) is 6.61. The minimum absolute atomic E-state index is 0.144. The molecule has 1 aliphatic rings. The van der Waals surface area contributed by atoms with Crippen LogP contribution in [0.3, 0.4) is 0 Å². The van der Waals surface area contributed by atoms with E-state index in [0.717, 1.165) is 19.3 Å². The number of aliphatic hydroxyl groups excluding tert-OH is 1. The molecule has 0 bridgehead atoms. The highest BCUT2D eigenvalue weighted by Gasteiger charge is 2.43. The van der Waals surface area contributed by atoms with Crippen LogP contribution in [0.2, 0.25) is 0 Å². The first-order chi connectivity index (χ1) is 13.9. The third kappa shape index (κ3) is 4.77. The molecule has 0 amide bonds. The summed E-state index contributed by atoms with van der Waals surface area (Å²) in [7, 11) is -2.07. The van der Waals surface area contributed by atoms with Gasteiger partial charge < -0.3 is 14.4 Å². The zero-order chi connectivity index (χ0) is 21.0. The predicted octanol–water partition coefficient (Wildman–Crippen LogP) is 5.77. The van der Waals surface area contributed by atoms with Gasteiger partial charge in [0.05, 0.1) is 13.2 Å². The van der Waals surface area contributed by atoms with Crippen LogP contribution in [-0.4, -0.2) is 18.3 Å². The molecular weight excluding hydrogens is 383 g/mol. The van der Waals surface area contributed by atoms with Crippen molar-refractivity contribution >= 4 is 12.7 Å². The Labute approximate surface area is 174 Å². The quantitative estimate of drug-likeness (QED) is 0.583. The fourth-order valence-electron chi connectivity index (χ4n) is 4.40. The number of methoxy groups -OCH3 is 1. The molecule has 1 saturated carbocycles. The van der Waals surface area contributed by atoms with E-state index in [9.17, 15) is 9.67 Å². The van der Waals surface area contributed by atoms with Gasteiger partial charge in [0.2, 0.25) is 0 Å². The van der Waals surface area contributed by atoms with Crippen LogP contribution in [0.1, 0.15) is 51.4 Å². The van der Waals surface area contributed by atoms with Crippen molar-refractivity contribution in [2.75, 3.05) is 7.11 Å². The highest BCUT2D eigenvalue weighted by molar-refractivity contribution is 7.67. The van der Waals surface area contributed by atoms with Gasteiger partial charge in [-0.15, -0.1) is 0 Å². The number of hydrogen-bond donors (Lipinski definition) is 1. The lowest BCUT2D eigenvalue weighted by atomic mass is 9.75. The van der Waals surface area contributed by atoms with Gasteiger partial charge in [0.25, 0.3) is 7.37 Å². The molecule has 0 aliphatic heterocycles. The van der Waals surface area contributed by atoms with Gasteiger partial charge in [-0.05, 0) is 48.8 Å². The van der Waals surface area contributed by atoms with Crippen molar-refractivity contribution in [2.45, 2.75) is 52.0 Å². The van der Waals surface area contributed by atoms with Crippen LogP contribution in [0.4, 0.5) is 0 Å². The van der Waals surface area contributed by atoms with Crippen LogP contribution in [0.25, 0.3) is 0 Å². The Morgan fingerprint density at radius 2 is 1.69 bits per heavy atom. The summed E-state index contributed by atoms with van der Waals surface area (Å²) in [5.41, 5.74) is 0.493. The number of ether oxygens (including phenoxy) is 1.